The Morgan fingerprint density at radius 2 is 2.38 bits per heavy atom. The number of aromatic nitrogens is 1. The highest BCUT2D eigenvalue weighted by molar-refractivity contribution is 5.82. The topological polar surface area (TPSA) is 93.1 Å². The first-order valence-electron chi connectivity index (χ1n) is 7.13. The minimum absolute atomic E-state index is 0.0225. The SMILES string of the molecule is N#CN1CCC(NC(=O)C2CC(c3ccccn3)NN2)C1. The number of pyridine rings is 1. The van der Waals surface area contributed by atoms with E-state index in [-0.39, 0.29) is 24.0 Å². The Hall–Kier alpha value is -2.17. The van der Waals surface area contributed by atoms with Crippen molar-refractivity contribution in [1.82, 2.24) is 26.1 Å². The van der Waals surface area contributed by atoms with Gasteiger partial charge in [-0.2, -0.15) is 5.26 Å². The van der Waals surface area contributed by atoms with Gasteiger partial charge in [0.15, 0.2) is 6.19 Å². The lowest BCUT2D eigenvalue weighted by Crippen LogP contribution is -2.47. The smallest absolute Gasteiger partial charge is 0.238 e. The molecule has 2 fully saturated rings. The summed E-state index contributed by atoms with van der Waals surface area (Å²) in [5.74, 6) is -0.0225. The van der Waals surface area contributed by atoms with Gasteiger partial charge in [-0.15, -0.1) is 0 Å². The molecule has 3 rings (SSSR count). The van der Waals surface area contributed by atoms with E-state index in [0.29, 0.717) is 19.5 Å². The van der Waals surface area contributed by atoms with E-state index in [0.717, 1.165) is 12.1 Å². The third kappa shape index (κ3) is 3.12. The van der Waals surface area contributed by atoms with Crippen LogP contribution >= 0.6 is 0 Å². The van der Waals surface area contributed by atoms with Crippen LogP contribution in [0.2, 0.25) is 0 Å². The molecule has 110 valence electrons. The Balaban J connectivity index is 1.52. The van der Waals surface area contributed by atoms with E-state index in [1.807, 2.05) is 18.2 Å². The number of nitrogens with zero attached hydrogens (tertiary/aromatic N) is 3. The van der Waals surface area contributed by atoms with E-state index in [9.17, 15) is 4.79 Å². The van der Waals surface area contributed by atoms with Gasteiger partial charge in [-0.1, -0.05) is 6.07 Å². The van der Waals surface area contributed by atoms with Crippen molar-refractivity contribution >= 4 is 5.91 Å². The number of carbonyl (C=O) groups is 1. The average Bonchev–Trinajstić information content (AvgIpc) is 3.17. The zero-order chi connectivity index (χ0) is 14.7. The van der Waals surface area contributed by atoms with Crippen molar-refractivity contribution < 1.29 is 4.79 Å². The second-order valence-electron chi connectivity index (χ2n) is 5.42. The van der Waals surface area contributed by atoms with Gasteiger partial charge in [0.25, 0.3) is 0 Å². The van der Waals surface area contributed by atoms with Crippen molar-refractivity contribution in [3.63, 3.8) is 0 Å². The third-order valence-corrected chi connectivity index (χ3v) is 3.94. The van der Waals surface area contributed by atoms with E-state index < -0.39 is 0 Å². The summed E-state index contributed by atoms with van der Waals surface area (Å²) < 4.78 is 0. The number of amides is 1. The number of hydrogen-bond acceptors (Lipinski definition) is 6. The molecule has 3 unspecified atom stereocenters. The van der Waals surface area contributed by atoms with Gasteiger partial charge in [-0.05, 0) is 25.0 Å². The number of hydrogen-bond donors (Lipinski definition) is 3. The Kier molecular flexibility index (Phi) is 3.99. The van der Waals surface area contributed by atoms with Crippen molar-refractivity contribution in [1.29, 1.82) is 5.26 Å². The maximum absolute atomic E-state index is 12.2. The Morgan fingerprint density at radius 3 is 3.10 bits per heavy atom. The summed E-state index contributed by atoms with van der Waals surface area (Å²) in [6.45, 7) is 1.32. The molecule has 2 aliphatic rings. The van der Waals surface area contributed by atoms with Crippen LogP contribution in [-0.2, 0) is 4.79 Å². The number of nitriles is 1. The van der Waals surface area contributed by atoms with Crippen LogP contribution in [0, 0.1) is 11.5 Å². The standard InChI is InChI=1S/C14H18N6O/c15-9-20-6-4-10(8-20)17-14(21)13-7-12(18-19-13)11-3-1-2-5-16-11/h1-3,5,10,12-13,18-19H,4,6-8H2,(H,17,21). The Morgan fingerprint density at radius 1 is 1.48 bits per heavy atom. The molecule has 0 aromatic carbocycles. The predicted molar refractivity (Wildman–Crippen MR) is 75.4 cm³/mol. The Bertz CT molecular complexity index is 542. The van der Waals surface area contributed by atoms with Crippen LogP contribution in [0.4, 0.5) is 0 Å². The molecule has 7 nitrogen and oxygen atoms in total. The zero-order valence-corrected chi connectivity index (χ0v) is 11.6. The first-order chi connectivity index (χ1) is 10.3. The molecule has 7 heteroatoms. The molecule has 3 heterocycles. The first kappa shape index (κ1) is 13.8. The van der Waals surface area contributed by atoms with Gasteiger partial charge >= 0.3 is 0 Å². The fourth-order valence-electron chi connectivity index (χ4n) is 2.77. The molecule has 0 radical (unpaired) electrons. The lowest BCUT2D eigenvalue weighted by molar-refractivity contribution is -0.123. The summed E-state index contributed by atoms with van der Waals surface area (Å²) >= 11 is 0. The van der Waals surface area contributed by atoms with Gasteiger partial charge in [0.1, 0.15) is 6.04 Å². The van der Waals surface area contributed by atoms with Crippen molar-refractivity contribution in [3.05, 3.63) is 30.1 Å². The first-order valence-corrected chi connectivity index (χ1v) is 7.13. The third-order valence-electron chi connectivity index (χ3n) is 3.94. The molecule has 1 aromatic heterocycles. The van der Waals surface area contributed by atoms with Crippen molar-refractivity contribution in [2.45, 2.75) is 31.0 Å². The maximum atomic E-state index is 12.2. The van der Waals surface area contributed by atoms with Crippen molar-refractivity contribution in [2.24, 2.45) is 0 Å². The van der Waals surface area contributed by atoms with Crippen LogP contribution in [0.1, 0.15) is 24.6 Å². The van der Waals surface area contributed by atoms with E-state index in [4.69, 9.17) is 5.26 Å². The lowest BCUT2D eigenvalue weighted by Gasteiger charge is -2.15. The molecule has 3 N–H and O–H groups in total. The molecule has 2 saturated heterocycles. The normalized spacial score (nSPS) is 28.3. The molecule has 0 aliphatic carbocycles. The molecule has 1 amide bonds. The van der Waals surface area contributed by atoms with Gasteiger partial charge in [0, 0.05) is 25.3 Å². The molecule has 0 spiro atoms. The van der Waals surface area contributed by atoms with Gasteiger partial charge in [0.05, 0.1) is 11.7 Å². The highest BCUT2D eigenvalue weighted by Gasteiger charge is 2.32. The molecule has 3 atom stereocenters. The second-order valence-corrected chi connectivity index (χ2v) is 5.42. The monoisotopic (exact) mass is 286 g/mol. The van der Waals surface area contributed by atoms with E-state index in [1.165, 1.54) is 0 Å². The van der Waals surface area contributed by atoms with Crippen LogP contribution in [0.3, 0.4) is 0 Å². The minimum Gasteiger partial charge on any atom is -0.350 e. The van der Waals surface area contributed by atoms with Gasteiger partial charge in [-0.3, -0.25) is 9.78 Å². The molecule has 1 aromatic rings. The highest BCUT2D eigenvalue weighted by Crippen LogP contribution is 2.20. The molecule has 21 heavy (non-hydrogen) atoms. The van der Waals surface area contributed by atoms with Crippen LogP contribution < -0.4 is 16.2 Å². The Labute approximate surface area is 123 Å². The summed E-state index contributed by atoms with van der Waals surface area (Å²) in [4.78, 5) is 18.2. The number of rotatable bonds is 3. The van der Waals surface area contributed by atoms with Gasteiger partial charge < -0.3 is 10.2 Å². The maximum Gasteiger partial charge on any atom is 0.238 e. The second kappa shape index (κ2) is 6.08. The molecule has 0 saturated carbocycles. The number of nitrogens with one attached hydrogen (secondary N) is 3. The van der Waals surface area contributed by atoms with Crippen LogP contribution in [-0.4, -0.2) is 41.0 Å². The van der Waals surface area contributed by atoms with E-state index in [2.05, 4.69) is 27.3 Å². The minimum atomic E-state index is -0.270. The summed E-state index contributed by atoms with van der Waals surface area (Å²) in [7, 11) is 0. The number of carbonyl (C=O) groups excluding carboxylic acids is 1. The zero-order valence-electron chi connectivity index (χ0n) is 11.6. The van der Waals surface area contributed by atoms with Crippen LogP contribution in [0.25, 0.3) is 0 Å². The molecule has 0 bridgehead atoms. The predicted octanol–water partition coefficient (Wildman–Crippen LogP) is -0.339. The van der Waals surface area contributed by atoms with Crippen molar-refractivity contribution in [2.75, 3.05) is 13.1 Å². The fraction of sp³-hybridized carbons (Fsp3) is 0.500. The largest absolute Gasteiger partial charge is 0.350 e. The summed E-state index contributed by atoms with van der Waals surface area (Å²) in [6.07, 6.45) is 5.35. The van der Waals surface area contributed by atoms with Crippen LogP contribution in [0.5, 0.6) is 0 Å². The number of hydrazine groups is 1. The van der Waals surface area contributed by atoms with Gasteiger partial charge in [-0.25, -0.2) is 10.9 Å². The summed E-state index contributed by atoms with van der Waals surface area (Å²) in [5, 5.41) is 11.8. The average molecular weight is 286 g/mol. The van der Waals surface area contributed by atoms with E-state index >= 15 is 0 Å². The number of likely N-dealkylation sites (tertiary alicyclic amines) is 1. The van der Waals surface area contributed by atoms with Gasteiger partial charge in [0.2, 0.25) is 5.91 Å². The van der Waals surface area contributed by atoms with Crippen molar-refractivity contribution in [3.8, 4) is 6.19 Å². The molecular weight excluding hydrogens is 268 g/mol. The summed E-state index contributed by atoms with van der Waals surface area (Å²) in [6, 6.07) is 5.59. The summed E-state index contributed by atoms with van der Waals surface area (Å²) in [5.41, 5.74) is 7.06. The highest BCUT2D eigenvalue weighted by atomic mass is 16.2. The molecular formula is C14H18N6O. The van der Waals surface area contributed by atoms with E-state index in [1.54, 1.807) is 11.1 Å². The van der Waals surface area contributed by atoms with Crippen LogP contribution in [0.15, 0.2) is 24.4 Å². The fourth-order valence-corrected chi connectivity index (χ4v) is 2.77. The quantitative estimate of drug-likeness (QED) is 0.658. The molecule has 2 aliphatic heterocycles. The lowest BCUT2D eigenvalue weighted by atomic mass is 10.1.